The van der Waals surface area contributed by atoms with Gasteiger partial charge in [0, 0.05) is 51.9 Å². The summed E-state index contributed by atoms with van der Waals surface area (Å²) in [5, 5.41) is 0. The standard InChI is InChI=1S/C22H33N3O2/c1-23-12-14-24(15-13-23)20-7-16-27-22(18-20)8-10-25(11-9-22)21(26)17-19-5-3-2-4-6-19/h2-6,20H,7-18H2,1H3. The van der Waals surface area contributed by atoms with Crippen molar-refractivity contribution < 1.29 is 9.53 Å². The molecule has 3 aliphatic rings. The topological polar surface area (TPSA) is 36.0 Å². The van der Waals surface area contributed by atoms with Crippen LogP contribution in [0.3, 0.4) is 0 Å². The van der Waals surface area contributed by atoms with E-state index in [2.05, 4.69) is 16.8 Å². The van der Waals surface area contributed by atoms with E-state index in [0.29, 0.717) is 12.5 Å². The predicted octanol–water partition coefficient (Wildman–Crippen LogP) is 2.02. The summed E-state index contributed by atoms with van der Waals surface area (Å²) in [6.07, 6.45) is 4.77. The first-order valence-electron chi connectivity index (χ1n) is 10.5. The van der Waals surface area contributed by atoms with Gasteiger partial charge in [0.25, 0.3) is 0 Å². The molecule has 0 N–H and O–H groups in total. The zero-order valence-corrected chi connectivity index (χ0v) is 16.6. The van der Waals surface area contributed by atoms with Gasteiger partial charge in [0.15, 0.2) is 0 Å². The third kappa shape index (κ3) is 4.53. The third-order valence-corrected chi connectivity index (χ3v) is 6.75. The maximum absolute atomic E-state index is 12.7. The Morgan fingerprint density at radius 2 is 1.78 bits per heavy atom. The molecule has 1 aromatic carbocycles. The quantitative estimate of drug-likeness (QED) is 0.814. The maximum atomic E-state index is 12.7. The van der Waals surface area contributed by atoms with Crippen LogP contribution in [0.5, 0.6) is 0 Å². The Balaban J connectivity index is 1.30. The molecule has 1 unspecified atom stereocenters. The molecule has 4 rings (SSSR count). The molecule has 1 amide bonds. The van der Waals surface area contributed by atoms with E-state index in [9.17, 15) is 4.79 Å². The number of benzene rings is 1. The van der Waals surface area contributed by atoms with Crippen LogP contribution in [0.2, 0.25) is 0 Å². The number of piperazine rings is 1. The van der Waals surface area contributed by atoms with Gasteiger partial charge in [-0.15, -0.1) is 0 Å². The molecular weight excluding hydrogens is 338 g/mol. The molecule has 0 bridgehead atoms. The summed E-state index contributed by atoms with van der Waals surface area (Å²) >= 11 is 0. The smallest absolute Gasteiger partial charge is 0.226 e. The monoisotopic (exact) mass is 371 g/mol. The average molecular weight is 372 g/mol. The highest BCUT2D eigenvalue weighted by atomic mass is 16.5. The van der Waals surface area contributed by atoms with Gasteiger partial charge in [-0.3, -0.25) is 9.69 Å². The van der Waals surface area contributed by atoms with Gasteiger partial charge in [-0.25, -0.2) is 0 Å². The van der Waals surface area contributed by atoms with E-state index >= 15 is 0 Å². The van der Waals surface area contributed by atoms with Crippen LogP contribution >= 0.6 is 0 Å². The molecule has 0 aromatic heterocycles. The zero-order chi connectivity index (χ0) is 18.7. The third-order valence-electron chi connectivity index (χ3n) is 6.75. The summed E-state index contributed by atoms with van der Waals surface area (Å²) in [4.78, 5) is 19.8. The number of likely N-dealkylation sites (N-methyl/N-ethyl adjacent to an activating group) is 1. The molecule has 3 saturated heterocycles. The molecular formula is C22H33N3O2. The van der Waals surface area contributed by atoms with Crippen molar-refractivity contribution in [3.8, 4) is 0 Å². The molecule has 3 aliphatic heterocycles. The van der Waals surface area contributed by atoms with Crippen LogP contribution in [-0.4, -0.2) is 85.2 Å². The van der Waals surface area contributed by atoms with Crippen LogP contribution in [0.4, 0.5) is 0 Å². The van der Waals surface area contributed by atoms with E-state index < -0.39 is 0 Å². The highest BCUT2D eigenvalue weighted by Crippen LogP contribution is 2.37. The lowest BCUT2D eigenvalue weighted by Crippen LogP contribution is -2.57. The largest absolute Gasteiger partial charge is 0.375 e. The number of nitrogens with zero attached hydrogens (tertiary/aromatic N) is 3. The number of hydrogen-bond acceptors (Lipinski definition) is 4. The fraction of sp³-hybridized carbons (Fsp3) is 0.682. The number of amides is 1. The minimum atomic E-state index is -0.00417. The molecule has 0 radical (unpaired) electrons. The molecule has 1 atom stereocenters. The van der Waals surface area contributed by atoms with Crippen LogP contribution in [-0.2, 0) is 16.0 Å². The molecule has 1 aromatic rings. The predicted molar refractivity (Wildman–Crippen MR) is 107 cm³/mol. The van der Waals surface area contributed by atoms with E-state index in [1.807, 2.05) is 35.2 Å². The fourth-order valence-corrected chi connectivity index (χ4v) is 4.89. The highest BCUT2D eigenvalue weighted by Gasteiger charge is 2.42. The summed E-state index contributed by atoms with van der Waals surface area (Å²) in [7, 11) is 2.21. The number of likely N-dealkylation sites (tertiary alicyclic amines) is 1. The van der Waals surface area contributed by atoms with Gasteiger partial charge < -0.3 is 14.5 Å². The van der Waals surface area contributed by atoms with E-state index in [4.69, 9.17) is 4.74 Å². The molecule has 27 heavy (non-hydrogen) atoms. The van der Waals surface area contributed by atoms with Gasteiger partial charge in [-0.05, 0) is 38.3 Å². The minimum Gasteiger partial charge on any atom is -0.375 e. The van der Waals surface area contributed by atoms with Gasteiger partial charge >= 0.3 is 0 Å². The summed E-state index contributed by atoms with van der Waals surface area (Å²) < 4.78 is 6.32. The number of carbonyl (C=O) groups excluding carboxylic acids is 1. The lowest BCUT2D eigenvalue weighted by atomic mass is 9.81. The van der Waals surface area contributed by atoms with Crippen molar-refractivity contribution in [1.29, 1.82) is 0 Å². The van der Waals surface area contributed by atoms with Gasteiger partial charge in [0.1, 0.15) is 0 Å². The Kier molecular flexibility index (Phi) is 5.81. The Morgan fingerprint density at radius 3 is 2.48 bits per heavy atom. The molecule has 5 heteroatoms. The number of rotatable bonds is 3. The van der Waals surface area contributed by atoms with Crippen molar-refractivity contribution >= 4 is 5.91 Å². The molecule has 0 aliphatic carbocycles. The van der Waals surface area contributed by atoms with E-state index in [1.165, 1.54) is 26.2 Å². The Morgan fingerprint density at radius 1 is 1.07 bits per heavy atom. The van der Waals surface area contributed by atoms with Crippen molar-refractivity contribution in [2.75, 3.05) is 52.9 Å². The average Bonchev–Trinajstić information content (AvgIpc) is 2.70. The molecule has 3 heterocycles. The van der Waals surface area contributed by atoms with Crippen LogP contribution < -0.4 is 0 Å². The Labute approximate surface area is 163 Å². The van der Waals surface area contributed by atoms with Crippen LogP contribution in [0.25, 0.3) is 0 Å². The molecule has 0 saturated carbocycles. The summed E-state index contributed by atoms with van der Waals surface area (Å²) in [5.41, 5.74) is 1.10. The van der Waals surface area contributed by atoms with Crippen molar-refractivity contribution in [2.45, 2.75) is 43.7 Å². The van der Waals surface area contributed by atoms with Crippen LogP contribution in [0, 0.1) is 0 Å². The van der Waals surface area contributed by atoms with E-state index in [-0.39, 0.29) is 11.5 Å². The molecule has 148 valence electrons. The first-order valence-corrected chi connectivity index (χ1v) is 10.5. The van der Waals surface area contributed by atoms with Gasteiger partial charge in [-0.1, -0.05) is 30.3 Å². The number of carbonyl (C=O) groups is 1. The Bertz CT molecular complexity index is 620. The van der Waals surface area contributed by atoms with E-state index in [1.54, 1.807) is 0 Å². The second kappa shape index (κ2) is 8.29. The molecule has 5 nitrogen and oxygen atoms in total. The maximum Gasteiger partial charge on any atom is 0.226 e. The van der Waals surface area contributed by atoms with Crippen LogP contribution in [0.15, 0.2) is 30.3 Å². The van der Waals surface area contributed by atoms with Gasteiger partial charge in [-0.2, -0.15) is 0 Å². The van der Waals surface area contributed by atoms with Crippen molar-refractivity contribution in [1.82, 2.24) is 14.7 Å². The number of hydrogen-bond donors (Lipinski definition) is 0. The Hall–Kier alpha value is -1.43. The van der Waals surface area contributed by atoms with Crippen molar-refractivity contribution in [3.63, 3.8) is 0 Å². The molecule has 3 fully saturated rings. The summed E-state index contributed by atoms with van der Waals surface area (Å²) in [5.74, 6) is 0.252. The van der Waals surface area contributed by atoms with Crippen LogP contribution in [0.1, 0.15) is 31.2 Å². The summed E-state index contributed by atoms with van der Waals surface area (Å²) in [6.45, 7) is 7.24. The van der Waals surface area contributed by atoms with Crippen molar-refractivity contribution in [2.24, 2.45) is 0 Å². The first kappa shape index (κ1) is 18.9. The van der Waals surface area contributed by atoms with Crippen molar-refractivity contribution in [3.05, 3.63) is 35.9 Å². The summed E-state index contributed by atoms with van der Waals surface area (Å²) in [6, 6.07) is 10.7. The van der Waals surface area contributed by atoms with Gasteiger partial charge in [0.05, 0.1) is 12.0 Å². The second-order valence-corrected chi connectivity index (χ2v) is 8.56. The lowest BCUT2D eigenvalue weighted by molar-refractivity contribution is -0.149. The zero-order valence-electron chi connectivity index (χ0n) is 16.6. The normalized spacial score (nSPS) is 27.0. The number of piperidine rings is 1. The molecule has 1 spiro atoms. The van der Waals surface area contributed by atoms with E-state index in [0.717, 1.165) is 50.9 Å². The highest BCUT2D eigenvalue weighted by molar-refractivity contribution is 5.78. The fourth-order valence-electron chi connectivity index (χ4n) is 4.89. The minimum absolute atomic E-state index is 0.00417. The second-order valence-electron chi connectivity index (χ2n) is 8.56. The number of ether oxygens (including phenoxy) is 1. The SMILES string of the molecule is CN1CCN(C2CCOC3(CCN(C(=O)Cc4ccccc4)CC3)C2)CC1. The first-order chi connectivity index (χ1) is 13.1. The lowest BCUT2D eigenvalue weighted by Gasteiger charge is -2.49. The van der Waals surface area contributed by atoms with Gasteiger partial charge in [0.2, 0.25) is 5.91 Å².